The molecule has 0 spiro atoms. The van der Waals surface area contributed by atoms with Crippen LogP contribution >= 0.6 is 15.9 Å². The first kappa shape index (κ1) is 13.6. The predicted octanol–water partition coefficient (Wildman–Crippen LogP) is 4.51. The molecule has 3 heteroatoms. The molecule has 0 heterocycles. The molecule has 2 aliphatic carbocycles. The van der Waals surface area contributed by atoms with Gasteiger partial charge in [-0.15, -0.1) is 0 Å². The molecule has 0 saturated heterocycles. The van der Waals surface area contributed by atoms with Crippen molar-refractivity contribution in [3.8, 4) is 12.1 Å². The lowest BCUT2D eigenvalue weighted by Gasteiger charge is -2.23. The monoisotopic (exact) mass is 334 g/mol. The summed E-state index contributed by atoms with van der Waals surface area (Å²) in [4.78, 5) is 0. The standard InChI is InChI=1S/C18H11BrN2/c19-15-8-4-7-14-9-16(13-5-2-1-3-6-13)18(11-20,12-21)17(14)10-15/h1-10,17H. The van der Waals surface area contributed by atoms with Crippen LogP contribution in [-0.4, -0.2) is 0 Å². The second kappa shape index (κ2) is 5.20. The Hall–Kier alpha value is -2.36. The first-order valence-electron chi connectivity index (χ1n) is 6.57. The zero-order chi connectivity index (χ0) is 14.9. The molecule has 0 aliphatic heterocycles. The van der Waals surface area contributed by atoms with Crippen LogP contribution in [0.5, 0.6) is 0 Å². The largest absolute Gasteiger partial charge is 0.196 e. The molecule has 0 saturated carbocycles. The molecule has 1 aromatic carbocycles. The average molecular weight is 335 g/mol. The van der Waals surface area contributed by atoms with Crippen LogP contribution < -0.4 is 0 Å². The van der Waals surface area contributed by atoms with E-state index < -0.39 is 5.41 Å². The van der Waals surface area contributed by atoms with Crippen LogP contribution in [0.1, 0.15) is 5.56 Å². The highest BCUT2D eigenvalue weighted by atomic mass is 79.9. The van der Waals surface area contributed by atoms with E-state index in [1.165, 1.54) is 0 Å². The van der Waals surface area contributed by atoms with Gasteiger partial charge in [-0.3, -0.25) is 0 Å². The number of rotatable bonds is 1. The molecule has 0 radical (unpaired) electrons. The zero-order valence-corrected chi connectivity index (χ0v) is 12.7. The third-order valence-electron chi connectivity index (χ3n) is 3.87. The fourth-order valence-corrected chi connectivity index (χ4v) is 3.26. The van der Waals surface area contributed by atoms with Crippen molar-refractivity contribution in [3.63, 3.8) is 0 Å². The van der Waals surface area contributed by atoms with Crippen molar-refractivity contribution in [3.05, 3.63) is 76.3 Å². The van der Waals surface area contributed by atoms with Crippen LogP contribution in [0, 0.1) is 34.0 Å². The summed E-state index contributed by atoms with van der Waals surface area (Å²) in [7, 11) is 0. The topological polar surface area (TPSA) is 47.6 Å². The minimum Gasteiger partial charge on any atom is -0.196 e. The number of fused-ring (bicyclic) bond motifs is 1. The third-order valence-corrected chi connectivity index (χ3v) is 4.40. The van der Waals surface area contributed by atoms with Gasteiger partial charge >= 0.3 is 0 Å². The molecule has 1 atom stereocenters. The number of nitriles is 2. The highest BCUT2D eigenvalue weighted by Gasteiger charge is 2.48. The number of hydrogen-bond acceptors (Lipinski definition) is 2. The molecule has 100 valence electrons. The Morgan fingerprint density at radius 2 is 1.81 bits per heavy atom. The van der Waals surface area contributed by atoms with E-state index in [-0.39, 0.29) is 5.92 Å². The first-order chi connectivity index (χ1) is 10.2. The van der Waals surface area contributed by atoms with Crippen molar-refractivity contribution in [2.75, 3.05) is 0 Å². The van der Waals surface area contributed by atoms with E-state index in [1.54, 1.807) is 0 Å². The van der Waals surface area contributed by atoms with Gasteiger partial charge in [0.2, 0.25) is 0 Å². The second-order valence-electron chi connectivity index (χ2n) is 5.01. The van der Waals surface area contributed by atoms with Crippen LogP contribution in [0.15, 0.2) is 70.8 Å². The van der Waals surface area contributed by atoms with E-state index >= 15 is 0 Å². The first-order valence-corrected chi connectivity index (χ1v) is 7.36. The van der Waals surface area contributed by atoms with Crippen molar-refractivity contribution >= 4 is 21.5 Å². The Kier molecular flexibility index (Phi) is 3.37. The summed E-state index contributed by atoms with van der Waals surface area (Å²) in [6.07, 6.45) is 9.72. The minimum atomic E-state index is -1.18. The van der Waals surface area contributed by atoms with Crippen molar-refractivity contribution < 1.29 is 0 Å². The summed E-state index contributed by atoms with van der Waals surface area (Å²) in [5, 5.41) is 19.5. The number of nitrogens with zero attached hydrogens (tertiary/aromatic N) is 2. The minimum absolute atomic E-state index is 0.257. The number of halogens is 1. The Morgan fingerprint density at radius 3 is 2.48 bits per heavy atom. The second-order valence-corrected chi connectivity index (χ2v) is 5.93. The van der Waals surface area contributed by atoms with Gasteiger partial charge in [0.05, 0.1) is 12.1 Å². The summed E-state index contributed by atoms with van der Waals surface area (Å²) in [6.45, 7) is 0. The van der Waals surface area contributed by atoms with E-state index in [4.69, 9.17) is 0 Å². The number of benzene rings is 1. The van der Waals surface area contributed by atoms with Crippen molar-refractivity contribution in [1.82, 2.24) is 0 Å². The van der Waals surface area contributed by atoms with Gasteiger partial charge in [0, 0.05) is 10.4 Å². The fourth-order valence-electron chi connectivity index (χ4n) is 2.84. The lowest BCUT2D eigenvalue weighted by molar-refractivity contribution is 0.578. The van der Waals surface area contributed by atoms with Gasteiger partial charge in [0.1, 0.15) is 0 Å². The number of allylic oxidation sites excluding steroid dienone is 8. The van der Waals surface area contributed by atoms with E-state index in [0.717, 1.165) is 21.2 Å². The maximum Gasteiger partial charge on any atom is 0.179 e. The van der Waals surface area contributed by atoms with Gasteiger partial charge in [0.15, 0.2) is 5.41 Å². The average Bonchev–Trinajstić information content (AvgIpc) is 2.69. The van der Waals surface area contributed by atoms with Crippen LogP contribution in [-0.2, 0) is 0 Å². The highest BCUT2D eigenvalue weighted by molar-refractivity contribution is 9.11. The van der Waals surface area contributed by atoms with Crippen LogP contribution in [0.4, 0.5) is 0 Å². The van der Waals surface area contributed by atoms with Crippen LogP contribution in [0.3, 0.4) is 0 Å². The highest BCUT2D eigenvalue weighted by Crippen LogP contribution is 2.52. The zero-order valence-electron chi connectivity index (χ0n) is 11.1. The quantitative estimate of drug-likeness (QED) is 0.758. The molecule has 0 aromatic heterocycles. The van der Waals surface area contributed by atoms with Gasteiger partial charge < -0.3 is 0 Å². The molecular weight excluding hydrogens is 324 g/mol. The SMILES string of the molecule is N#CC1(C#N)C(c2ccccc2)=CC2=CC=CC(Br)=CC21. The maximum absolute atomic E-state index is 9.76. The molecule has 0 N–H and O–H groups in total. The molecule has 21 heavy (non-hydrogen) atoms. The lowest BCUT2D eigenvalue weighted by Crippen LogP contribution is -2.24. The normalized spacial score (nSPS) is 22.0. The summed E-state index contributed by atoms with van der Waals surface area (Å²) < 4.78 is 0.885. The molecule has 1 aromatic rings. The van der Waals surface area contributed by atoms with Crippen LogP contribution in [0.25, 0.3) is 5.57 Å². The lowest BCUT2D eigenvalue weighted by atomic mass is 9.73. The molecule has 0 fully saturated rings. The molecule has 0 bridgehead atoms. The maximum atomic E-state index is 9.76. The van der Waals surface area contributed by atoms with Crippen molar-refractivity contribution in [2.24, 2.45) is 11.3 Å². The molecule has 2 nitrogen and oxygen atoms in total. The summed E-state index contributed by atoms with van der Waals surface area (Å²) in [5.74, 6) is -0.257. The van der Waals surface area contributed by atoms with Gasteiger partial charge in [-0.05, 0) is 22.8 Å². The van der Waals surface area contributed by atoms with E-state index in [9.17, 15) is 10.5 Å². The number of hydrogen-bond donors (Lipinski definition) is 0. The van der Waals surface area contributed by atoms with Gasteiger partial charge in [-0.2, -0.15) is 10.5 Å². The molecular formula is C18H11BrN2. The Bertz CT molecular complexity index is 769. The molecule has 2 aliphatic rings. The van der Waals surface area contributed by atoms with Crippen molar-refractivity contribution in [2.45, 2.75) is 0 Å². The smallest absolute Gasteiger partial charge is 0.179 e. The van der Waals surface area contributed by atoms with Crippen molar-refractivity contribution in [1.29, 1.82) is 10.5 Å². The summed E-state index contributed by atoms with van der Waals surface area (Å²) in [6, 6.07) is 14.2. The van der Waals surface area contributed by atoms with Gasteiger partial charge in [-0.25, -0.2) is 0 Å². The third kappa shape index (κ3) is 2.07. The van der Waals surface area contributed by atoms with E-state index in [1.807, 2.05) is 60.7 Å². The van der Waals surface area contributed by atoms with Crippen LogP contribution in [0.2, 0.25) is 0 Å². The fraction of sp³-hybridized carbons (Fsp3) is 0.111. The van der Waals surface area contributed by atoms with E-state index in [2.05, 4.69) is 28.1 Å². The molecule has 1 unspecified atom stereocenters. The van der Waals surface area contributed by atoms with E-state index in [0.29, 0.717) is 0 Å². The Labute approximate surface area is 132 Å². The summed E-state index contributed by atoms with van der Waals surface area (Å²) in [5.41, 5.74) is 1.50. The van der Waals surface area contributed by atoms with Gasteiger partial charge in [-0.1, -0.05) is 70.6 Å². The molecule has 3 rings (SSSR count). The van der Waals surface area contributed by atoms with Gasteiger partial charge in [0.25, 0.3) is 0 Å². The summed E-state index contributed by atoms with van der Waals surface area (Å²) >= 11 is 3.46. The molecule has 0 amide bonds. The Morgan fingerprint density at radius 1 is 1.10 bits per heavy atom. The predicted molar refractivity (Wildman–Crippen MR) is 85.8 cm³/mol. The Balaban J connectivity index is 2.24.